The first-order valence-electron chi connectivity index (χ1n) is 10.1. The number of amides is 2. The van der Waals surface area contributed by atoms with Crippen LogP contribution in [0, 0.1) is 0 Å². The largest absolute Gasteiger partial charge is 0.274 e. The van der Waals surface area contributed by atoms with E-state index < -0.39 is 33.4 Å². The van der Waals surface area contributed by atoms with Crippen molar-refractivity contribution in [1.82, 2.24) is 4.31 Å². The van der Waals surface area contributed by atoms with Crippen LogP contribution in [0.15, 0.2) is 57.9 Å². The lowest BCUT2D eigenvalue weighted by atomic mass is 10.0. The third kappa shape index (κ3) is 4.61. The van der Waals surface area contributed by atoms with E-state index in [1.807, 2.05) is 12.1 Å². The molecule has 6 nitrogen and oxygen atoms in total. The molecular formula is C23H27BrN2O4S. The Balaban J connectivity index is 2.01. The van der Waals surface area contributed by atoms with Gasteiger partial charge in [-0.15, -0.1) is 0 Å². The third-order valence-corrected chi connectivity index (χ3v) is 7.97. The molecule has 1 aliphatic heterocycles. The van der Waals surface area contributed by atoms with Gasteiger partial charge in [0.1, 0.15) is 6.04 Å². The number of hydrogen-bond donors (Lipinski definition) is 0. The van der Waals surface area contributed by atoms with Crippen LogP contribution in [0.1, 0.15) is 52.5 Å². The summed E-state index contributed by atoms with van der Waals surface area (Å²) in [5.74, 6) is -0.621. The summed E-state index contributed by atoms with van der Waals surface area (Å²) >= 11 is 3.31. The van der Waals surface area contributed by atoms with Crippen LogP contribution in [0.2, 0.25) is 0 Å². The molecule has 0 N–H and O–H groups in total. The fraction of sp³-hybridized carbons (Fsp3) is 0.391. The lowest BCUT2D eigenvalue weighted by Crippen LogP contribution is -2.54. The van der Waals surface area contributed by atoms with Gasteiger partial charge in [-0.2, -0.15) is 4.31 Å². The quantitative estimate of drug-likeness (QED) is 0.551. The Hall–Kier alpha value is -2.03. The van der Waals surface area contributed by atoms with Gasteiger partial charge in [-0.1, -0.05) is 41.9 Å². The molecule has 1 fully saturated rings. The average Bonchev–Trinajstić information content (AvgIpc) is 2.94. The molecular weight excluding hydrogens is 480 g/mol. The Labute approximate surface area is 192 Å². The number of carbonyl (C=O) groups is 2. The van der Waals surface area contributed by atoms with E-state index in [4.69, 9.17) is 0 Å². The molecule has 3 rings (SSSR count). The van der Waals surface area contributed by atoms with Crippen LogP contribution >= 0.6 is 15.9 Å². The second-order valence-electron chi connectivity index (χ2n) is 8.96. The SMILES string of the molecule is CC(C)c1ccc(N2C(=O)CC(N(C(C)(C)C)S(=O)(=O)c3ccc(Br)cc3)C2=O)cc1. The van der Waals surface area contributed by atoms with Gasteiger partial charge in [-0.3, -0.25) is 9.59 Å². The molecule has 0 bridgehead atoms. The molecule has 1 atom stereocenters. The van der Waals surface area contributed by atoms with Crippen molar-refractivity contribution >= 4 is 43.5 Å². The van der Waals surface area contributed by atoms with Crippen LogP contribution in [0.25, 0.3) is 0 Å². The van der Waals surface area contributed by atoms with Crippen LogP contribution in [0.3, 0.4) is 0 Å². The monoisotopic (exact) mass is 506 g/mol. The predicted octanol–water partition coefficient (Wildman–Crippen LogP) is 4.69. The number of carbonyl (C=O) groups excluding carboxylic acids is 2. The minimum absolute atomic E-state index is 0.0746. The summed E-state index contributed by atoms with van der Waals surface area (Å²) in [5, 5.41) is 0. The Bertz CT molecular complexity index is 1090. The third-order valence-electron chi connectivity index (χ3n) is 5.26. The summed E-state index contributed by atoms with van der Waals surface area (Å²) in [6.45, 7) is 9.29. The van der Waals surface area contributed by atoms with Gasteiger partial charge in [0, 0.05) is 10.0 Å². The van der Waals surface area contributed by atoms with Gasteiger partial charge < -0.3 is 0 Å². The maximum absolute atomic E-state index is 13.5. The summed E-state index contributed by atoms with van der Waals surface area (Å²) in [6.07, 6.45) is -0.197. The number of nitrogens with zero attached hydrogens (tertiary/aromatic N) is 2. The molecule has 0 spiro atoms. The molecule has 1 aliphatic rings. The van der Waals surface area contributed by atoms with Gasteiger partial charge in [0.15, 0.2) is 0 Å². The van der Waals surface area contributed by atoms with Crippen molar-refractivity contribution in [2.75, 3.05) is 4.90 Å². The van der Waals surface area contributed by atoms with Crippen molar-refractivity contribution in [1.29, 1.82) is 0 Å². The van der Waals surface area contributed by atoms with Crippen LogP contribution in [0.4, 0.5) is 5.69 Å². The van der Waals surface area contributed by atoms with Gasteiger partial charge in [0.2, 0.25) is 15.9 Å². The van der Waals surface area contributed by atoms with E-state index in [-0.39, 0.29) is 11.3 Å². The molecule has 0 aliphatic carbocycles. The summed E-state index contributed by atoms with van der Waals surface area (Å²) in [5.41, 5.74) is 0.634. The van der Waals surface area contributed by atoms with Crippen LogP contribution in [-0.4, -0.2) is 36.1 Å². The summed E-state index contributed by atoms with van der Waals surface area (Å²) in [7, 11) is -4.03. The van der Waals surface area contributed by atoms with E-state index in [0.29, 0.717) is 11.6 Å². The molecule has 166 valence electrons. The van der Waals surface area contributed by atoms with Crippen molar-refractivity contribution in [3.05, 3.63) is 58.6 Å². The number of hydrogen-bond acceptors (Lipinski definition) is 4. The smallest absolute Gasteiger partial charge is 0.252 e. The van der Waals surface area contributed by atoms with Crippen molar-refractivity contribution in [2.24, 2.45) is 0 Å². The Morgan fingerprint density at radius 1 is 1.00 bits per heavy atom. The second-order valence-corrected chi connectivity index (χ2v) is 11.7. The fourth-order valence-electron chi connectivity index (χ4n) is 3.79. The Morgan fingerprint density at radius 3 is 2.03 bits per heavy atom. The maximum Gasteiger partial charge on any atom is 0.252 e. The van der Waals surface area contributed by atoms with Gasteiger partial charge >= 0.3 is 0 Å². The highest BCUT2D eigenvalue weighted by atomic mass is 79.9. The molecule has 2 aromatic carbocycles. The number of imide groups is 1. The number of sulfonamides is 1. The molecule has 31 heavy (non-hydrogen) atoms. The predicted molar refractivity (Wildman–Crippen MR) is 124 cm³/mol. The minimum atomic E-state index is -4.03. The number of anilines is 1. The lowest BCUT2D eigenvalue weighted by Gasteiger charge is -2.37. The van der Waals surface area contributed by atoms with Gasteiger partial charge in [0.05, 0.1) is 17.0 Å². The van der Waals surface area contributed by atoms with E-state index in [1.54, 1.807) is 45.0 Å². The lowest BCUT2D eigenvalue weighted by molar-refractivity contribution is -0.122. The highest BCUT2D eigenvalue weighted by Gasteiger charge is 2.50. The van der Waals surface area contributed by atoms with Crippen molar-refractivity contribution in [3.63, 3.8) is 0 Å². The zero-order chi connectivity index (χ0) is 23.1. The average molecular weight is 507 g/mol. The van der Waals surface area contributed by atoms with Crippen LogP contribution in [-0.2, 0) is 19.6 Å². The molecule has 0 saturated carbocycles. The number of benzene rings is 2. The van der Waals surface area contributed by atoms with Crippen molar-refractivity contribution < 1.29 is 18.0 Å². The molecule has 1 heterocycles. The highest BCUT2D eigenvalue weighted by molar-refractivity contribution is 9.10. The van der Waals surface area contributed by atoms with Gasteiger partial charge in [0.25, 0.3) is 5.91 Å². The van der Waals surface area contributed by atoms with Crippen molar-refractivity contribution in [3.8, 4) is 0 Å². The highest BCUT2D eigenvalue weighted by Crippen LogP contribution is 2.34. The Morgan fingerprint density at radius 2 is 1.55 bits per heavy atom. The molecule has 1 saturated heterocycles. The zero-order valence-corrected chi connectivity index (χ0v) is 20.7. The van der Waals surface area contributed by atoms with E-state index in [1.165, 1.54) is 16.4 Å². The van der Waals surface area contributed by atoms with Crippen LogP contribution < -0.4 is 4.90 Å². The summed E-state index contributed by atoms with van der Waals surface area (Å²) in [6, 6.07) is 12.4. The molecule has 0 aromatic heterocycles. The second kappa shape index (κ2) is 8.48. The fourth-order valence-corrected chi connectivity index (χ4v) is 5.99. The normalized spacial score (nSPS) is 17.8. The van der Waals surface area contributed by atoms with Gasteiger partial charge in [-0.05, 0) is 68.7 Å². The summed E-state index contributed by atoms with van der Waals surface area (Å²) < 4.78 is 29.0. The molecule has 2 amide bonds. The first kappa shape index (κ1) is 23.6. The standard InChI is InChI=1S/C23H27BrN2O4S/c1-15(2)16-6-10-18(11-7-16)25-21(27)14-20(22(25)28)26(23(3,4)5)31(29,30)19-12-8-17(24)9-13-19/h6-13,15,20H,14H2,1-5H3. The topological polar surface area (TPSA) is 74.8 Å². The molecule has 0 radical (unpaired) electrons. The molecule has 2 aromatic rings. The van der Waals surface area contributed by atoms with E-state index >= 15 is 0 Å². The van der Waals surface area contributed by atoms with E-state index in [2.05, 4.69) is 29.8 Å². The zero-order valence-electron chi connectivity index (χ0n) is 18.3. The summed E-state index contributed by atoms with van der Waals surface area (Å²) in [4.78, 5) is 27.4. The van der Waals surface area contributed by atoms with Crippen LogP contribution in [0.5, 0.6) is 0 Å². The molecule has 8 heteroatoms. The van der Waals surface area contributed by atoms with Gasteiger partial charge in [-0.25, -0.2) is 13.3 Å². The first-order valence-corrected chi connectivity index (χ1v) is 12.3. The maximum atomic E-state index is 13.5. The minimum Gasteiger partial charge on any atom is -0.274 e. The Kier molecular flexibility index (Phi) is 6.47. The van der Waals surface area contributed by atoms with E-state index in [0.717, 1.165) is 14.9 Å². The number of halogens is 1. The van der Waals surface area contributed by atoms with Crippen molar-refractivity contribution in [2.45, 2.75) is 63.4 Å². The molecule has 1 unspecified atom stereocenters. The number of rotatable bonds is 5. The first-order chi connectivity index (χ1) is 14.3. The van der Waals surface area contributed by atoms with E-state index in [9.17, 15) is 18.0 Å².